The molecule has 1 aliphatic carbocycles. The van der Waals surface area contributed by atoms with Gasteiger partial charge in [0.2, 0.25) is 15.9 Å². The molecule has 0 saturated heterocycles. The van der Waals surface area contributed by atoms with Crippen molar-refractivity contribution < 1.29 is 17.6 Å². The van der Waals surface area contributed by atoms with Gasteiger partial charge in [0.25, 0.3) is 0 Å². The minimum atomic E-state index is -4.02. The Morgan fingerprint density at radius 2 is 1.53 bits per heavy atom. The smallest absolute Gasteiger partial charge is 0.246 e. The summed E-state index contributed by atoms with van der Waals surface area (Å²) in [6.07, 6.45) is 2.92. The summed E-state index contributed by atoms with van der Waals surface area (Å²) in [4.78, 5) is 12.4. The van der Waals surface area contributed by atoms with Crippen molar-refractivity contribution in [3.8, 4) is 0 Å². The molecule has 3 aromatic carbocycles. The van der Waals surface area contributed by atoms with Crippen molar-refractivity contribution in [1.82, 2.24) is 9.62 Å². The van der Waals surface area contributed by atoms with Crippen LogP contribution in [0.5, 0.6) is 0 Å². The molecule has 5 nitrogen and oxygen atoms in total. The lowest BCUT2D eigenvalue weighted by Gasteiger charge is -2.32. The van der Waals surface area contributed by atoms with Crippen LogP contribution in [0.2, 0.25) is 0 Å². The lowest BCUT2D eigenvalue weighted by atomic mass is 9.81. The van der Waals surface area contributed by atoms with E-state index >= 15 is 0 Å². The molecule has 0 bridgehead atoms. The number of halogens is 1. The average Bonchev–Trinajstić information content (AvgIpc) is 2.89. The second kappa shape index (κ2) is 11.8. The molecule has 1 aliphatic rings. The van der Waals surface area contributed by atoms with Crippen molar-refractivity contribution in [3.05, 3.63) is 101 Å². The summed E-state index contributed by atoms with van der Waals surface area (Å²) >= 11 is 0. The molecule has 1 N–H and O–H groups in total. The van der Waals surface area contributed by atoms with E-state index in [0.717, 1.165) is 24.0 Å². The second-order valence-electron chi connectivity index (χ2n) is 9.63. The lowest BCUT2D eigenvalue weighted by Crippen LogP contribution is -2.38. The van der Waals surface area contributed by atoms with Gasteiger partial charge in [-0.3, -0.25) is 4.79 Å². The number of amides is 1. The van der Waals surface area contributed by atoms with Crippen molar-refractivity contribution in [1.29, 1.82) is 0 Å². The van der Waals surface area contributed by atoms with Crippen LogP contribution in [0.1, 0.15) is 42.4 Å². The number of hydrogen-bond donors (Lipinski definition) is 1. The Kier molecular flexibility index (Phi) is 8.54. The number of benzene rings is 3. The molecule has 7 heteroatoms. The summed E-state index contributed by atoms with van der Waals surface area (Å²) in [5.41, 5.74) is 3.10. The van der Waals surface area contributed by atoms with Crippen LogP contribution in [0.4, 0.5) is 4.39 Å². The Balaban J connectivity index is 1.39. The van der Waals surface area contributed by atoms with Gasteiger partial charge in [-0.2, -0.15) is 4.31 Å². The van der Waals surface area contributed by atoms with Crippen LogP contribution in [0, 0.1) is 24.6 Å². The summed E-state index contributed by atoms with van der Waals surface area (Å²) < 4.78 is 42.8. The van der Waals surface area contributed by atoms with E-state index in [1.165, 1.54) is 34.1 Å². The average molecular weight is 509 g/mol. The van der Waals surface area contributed by atoms with Gasteiger partial charge in [-0.1, -0.05) is 72.3 Å². The number of nitrogens with zero attached hydrogens (tertiary/aromatic N) is 1. The molecule has 4 rings (SSSR count). The topological polar surface area (TPSA) is 66.5 Å². The fourth-order valence-corrected chi connectivity index (χ4v) is 6.33. The first-order chi connectivity index (χ1) is 17.3. The van der Waals surface area contributed by atoms with Gasteiger partial charge in [0, 0.05) is 25.6 Å². The third-order valence-electron chi connectivity index (χ3n) is 6.92. The maximum Gasteiger partial charge on any atom is 0.246 e. The maximum absolute atomic E-state index is 14.5. The minimum absolute atomic E-state index is 0.0501. The zero-order chi connectivity index (χ0) is 25.5. The molecule has 0 unspecified atom stereocenters. The van der Waals surface area contributed by atoms with Crippen LogP contribution in [0.15, 0.2) is 83.8 Å². The Labute approximate surface area is 213 Å². The van der Waals surface area contributed by atoms with Crippen LogP contribution in [-0.4, -0.2) is 25.2 Å². The third-order valence-corrected chi connectivity index (χ3v) is 8.77. The summed E-state index contributed by atoms with van der Waals surface area (Å²) in [7, 11) is -4.02. The molecule has 36 heavy (non-hydrogen) atoms. The van der Waals surface area contributed by atoms with Crippen LogP contribution in [0.25, 0.3) is 0 Å². The number of hydrogen-bond acceptors (Lipinski definition) is 3. The number of nitrogens with one attached hydrogen (secondary N) is 1. The van der Waals surface area contributed by atoms with Crippen molar-refractivity contribution in [2.24, 2.45) is 11.8 Å². The highest BCUT2D eigenvalue weighted by Gasteiger charge is 2.32. The van der Waals surface area contributed by atoms with Crippen molar-refractivity contribution >= 4 is 15.9 Å². The summed E-state index contributed by atoms with van der Waals surface area (Å²) in [5.74, 6) is -0.660. The number of carbonyl (C=O) groups excluding carboxylic acids is 1. The van der Waals surface area contributed by atoms with E-state index in [1.807, 2.05) is 61.5 Å². The first-order valence-corrected chi connectivity index (χ1v) is 13.9. The number of aryl methyl sites for hydroxylation is 1. The molecular formula is C29H33FN2O3S. The molecule has 0 radical (unpaired) electrons. The highest BCUT2D eigenvalue weighted by molar-refractivity contribution is 7.89. The summed E-state index contributed by atoms with van der Waals surface area (Å²) in [6.45, 7) is 3.01. The normalized spacial score (nSPS) is 18.2. The van der Waals surface area contributed by atoms with E-state index in [9.17, 15) is 17.6 Å². The first kappa shape index (κ1) is 26.0. The first-order valence-electron chi connectivity index (χ1n) is 12.4. The predicted molar refractivity (Wildman–Crippen MR) is 139 cm³/mol. The quantitative estimate of drug-likeness (QED) is 0.418. The van der Waals surface area contributed by atoms with Crippen molar-refractivity contribution in [2.45, 2.75) is 50.6 Å². The summed E-state index contributed by atoms with van der Waals surface area (Å²) in [6, 6.07) is 23.0. The predicted octanol–water partition coefficient (Wildman–Crippen LogP) is 5.45. The second-order valence-corrected chi connectivity index (χ2v) is 11.5. The fraction of sp³-hybridized carbons (Fsp3) is 0.345. The monoisotopic (exact) mass is 508 g/mol. The number of rotatable bonds is 9. The van der Waals surface area contributed by atoms with E-state index in [4.69, 9.17) is 0 Å². The Morgan fingerprint density at radius 1 is 0.889 bits per heavy atom. The van der Waals surface area contributed by atoms with E-state index in [1.54, 1.807) is 0 Å². The minimum Gasteiger partial charge on any atom is -0.352 e. The van der Waals surface area contributed by atoms with Gasteiger partial charge in [0.15, 0.2) is 0 Å². The molecule has 1 fully saturated rings. The largest absolute Gasteiger partial charge is 0.352 e. The maximum atomic E-state index is 14.5. The van der Waals surface area contributed by atoms with E-state index < -0.39 is 15.8 Å². The lowest BCUT2D eigenvalue weighted by molar-refractivity contribution is -0.126. The van der Waals surface area contributed by atoms with Crippen LogP contribution < -0.4 is 5.32 Å². The van der Waals surface area contributed by atoms with Gasteiger partial charge in [-0.05, 0) is 61.8 Å². The fourth-order valence-electron chi connectivity index (χ4n) is 4.76. The Morgan fingerprint density at radius 3 is 2.19 bits per heavy atom. The zero-order valence-electron chi connectivity index (χ0n) is 20.6. The van der Waals surface area contributed by atoms with Crippen LogP contribution >= 0.6 is 0 Å². The summed E-state index contributed by atoms with van der Waals surface area (Å²) in [5, 5.41) is 3.04. The number of carbonyl (C=O) groups is 1. The SMILES string of the molecule is Cc1ccc(CNC(=O)C2CCC(CN(Cc3ccccc3)S(=O)(=O)c3ccccc3F)CC2)cc1. The molecule has 1 amide bonds. The zero-order valence-corrected chi connectivity index (χ0v) is 21.4. The number of sulfonamides is 1. The standard InChI is InChI=1S/C29H33FN2O3S/c1-22-11-13-23(14-12-22)19-31-29(33)26-17-15-25(16-18-26)21-32(20-24-7-3-2-4-8-24)36(34,35)28-10-6-5-9-27(28)30/h2-14,25-26H,15-21H2,1H3,(H,31,33). The molecule has 1 saturated carbocycles. The Bertz CT molecular complexity index is 1260. The molecule has 0 aliphatic heterocycles. The van der Waals surface area contributed by atoms with Crippen molar-refractivity contribution in [3.63, 3.8) is 0 Å². The molecular weight excluding hydrogens is 475 g/mol. The van der Waals surface area contributed by atoms with Gasteiger partial charge < -0.3 is 5.32 Å². The van der Waals surface area contributed by atoms with E-state index in [0.29, 0.717) is 25.9 Å². The molecule has 190 valence electrons. The molecule has 0 atom stereocenters. The highest BCUT2D eigenvalue weighted by Crippen LogP contribution is 2.32. The third kappa shape index (κ3) is 6.59. The van der Waals surface area contributed by atoms with Gasteiger partial charge >= 0.3 is 0 Å². The van der Waals surface area contributed by atoms with Gasteiger partial charge in [-0.25, -0.2) is 12.8 Å². The van der Waals surface area contributed by atoms with Gasteiger partial charge in [-0.15, -0.1) is 0 Å². The molecule has 0 spiro atoms. The van der Waals surface area contributed by atoms with Gasteiger partial charge in [0.1, 0.15) is 10.7 Å². The van der Waals surface area contributed by atoms with Crippen LogP contribution in [-0.2, 0) is 27.9 Å². The van der Waals surface area contributed by atoms with Gasteiger partial charge in [0.05, 0.1) is 0 Å². The highest BCUT2D eigenvalue weighted by atomic mass is 32.2. The van der Waals surface area contributed by atoms with Crippen molar-refractivity contribution in [2.75, 3.05) is 6.54 Å². The molecule has 0 heterocycles. The van der Waals surface area contributed by atoms with E-state index in [-0.39, 0.29) is 29.2 Å². The molecule has 3 aromatic rings. The van der Waals surface area contributed by atoms with E-state index in [2.05, 4.69) is 5.32 Å². The Hall–Kier alpha value is -3.03. The molecule has 0 aromatic heterocycles. The van der Waals surface area contributed by atoms with Crippen LogP contribution in [0.3, 0.4) is 0 Å².